The van der Waals surface area contributed by atoms with Crippen LogP contribution in [0.1, 0.15) is 59.9 Å². The van der Waals surface area contributed by atoms with E-state index in [2.05, 4.69) is 23.8 Å². The lowest BCUT2D eigenvalue weighted by molar-refractivity contribution is 0.0692. The van der Waals surface area contributed by atoms with Crippen molar-refractivity contribution in [2.45, 2.75) is 46.5 Å². The average molecular weight is 290 g/mol. The number of carboxylic acid groups (broad SMARTS) is 1. The summed E-state index contributed by atoms with van der Waals surface area (Å²) in [5, 5.41) is 10.2. The summed E-state index contributed by atoms with van der Waals surface area (Å²) in [7, 11) is 0. The van der Waals surface area contributed by atoms with E-state index in [-0.39, 0.29) is 17.0 Å². The van der Waals surface area contributed by atoms with Crippen molar-refractivity contribution in [3.63, 3.8) is 0 Å². The number of fused-ring (bicyclic) bond motifs is 1. The number of hydrogen-bond donors (Lipinski definition) is 1. The van der Waals surface area contributed by atoms with Gasteiger partial charge in [-0.1, -0.05) is 20.8 Å². The molecule has 106 valence electrons. The predicted molar refractivity (Wildman–Crippen MR) is 79.6 cm³/mol. The van der Waals surface area contributed by atoms with Gasteiger partial charge >= 0.3 is 5.97 Å². The molecule has 0 aliphatic heterocycles. The van der Waals surface area contributed by atoms with Gasteiger partial charge in [-0.25, -0.2) is 14.8 Å². The Hall–Kier alpha value is -1.49. The fourth-order valence-corrected chi connectivity index (χ4v) is 3.95. The Morgan fingerprint density at radius 3 is 2.60 bits per heavy atom. The fourth-order valence-electron chi connectivity index (χ4n) is 2.83. The molecule has 0 aromatic carbocycles. The third kappa shape index (κ3) is 1.92. The molecule has 1 N–H and O–H groups in total. The van der Waals surface area contributed by atoms with Gasteiger partial charge in [-0.15, -0.1) is 11.3 Å². The van der Waals surface area contributed by atoms with Crippen molar-refractivity contribution < 1.29 is 9.90 Å². The third-order valence-electron chi connectivity index (χ3n) is 4.25. The van der Waals surface area contributed by atoms with Gasteiger partial charge in [0.2, 0.25) is 0 Å². The number of rotatable bonds is 3. The molecule has 5 heteroatoms. The Bertz CT molecular complexity index is 718. The summed E-state index contributed by atoms with van der Waals surface area (Å²) in [5.41, 5.74) is 1.45. The number of hydrogen-bond acceptors (Lipinski definition) is 4. The molecule has 1 unspecified atom stereocenters. The summed E-state index contributed by atoms with van der Waals surface area (Å²) in [6, 6.07) is 0. The largest absolute Gasteiger partial charge is 0.476 e. The van der Waals surface area contributed by atoms with Crippen LogP contribution in [-0.2, 0) is 6.42 Å². The van der Waals surface area contributed by atoms with Gasteiger partial charge < -0.3 is 5.11 Å². The molecule has 4 nitrogen and oxygen atoms in total. The van der Waals surface area contributed by atoms with Gasteiger partial charge in [-0.2, -0.15) is 0 Å². The molecule has 1 aliphatic carbocycles. The number of carboxylic acids is 1. The minimum absolute atomic E-state index is 0.175. The van der Waals surface area contributed by atoms with E-state index < -0.39 is 5.97 Å². The monoisotopic (exact) mass is 290 g/mol. The minimum Gasteiger partial charge on any atom is -0.476 e. The lowest BCUT2D eigenvalue weighted by Gasteiger charge is -2.06. The van der Waals surface area contributed by atoms with Crippen LogP contribution in [0.2, 0.25) is 0 Å². The summed E-state index contributed by atoms with van der Waals surface area (Å²) in [6.45, 7) is 8.40. The first-order chi connectivity index (χ1) is 9.35. The molecule has 0 saturated heterocycles. The lowest BCUT2D eigenvalue weighted by Crippen LogP contribution is -2.07. The van der Waals surface area contributed by atoms with Gasteiger partial charge in [-0.3, -0.25) is 0 Å². The predicted octanol–water partition coefficient (Wildman–Crippen LogP) is 3.77. The van der Waals surface area contributed by atoms with Crippen molar-refractivity contribution in [1.82, 2.24) is 9.97 Å². The Morgan fingerprint density at radius 1 is 1.45 bits per heavy atom. The number of thiophene rings is 1. The minimum atomic E-state index is -0.954. The SMILES string of the molecule is CCc1c(C)sc2nc(C3CC3(C)C)nc(C(=O)O)c12. The van der Waals surface area contributed by atoms with Crippen molar-refractivity contribution in [2.24, 2.45) is 5.41 Å². The zero-order valence-corrected chi connectivity index (χ0v) is 13.0. The molecule has 2 aromatic rings. The topological polar surface area (TPSA) is 63.1 Å². The lowest BCUT2D eigenvalue weighted by atomic mass is 10.1. The zero-order valence-electron chi connectivity index (χ0n) is 12.1. The smallest absolute Gasteiger partial charge is 0.355 e. The molecule has 3 rings (SSSR count). The first kappa shape index (κ1) is 13.5. The highest BCUT2D eigenvalue weighted by atomic mass is 32.1. The number of aryl methyl sites for hydroxylation is 2. The van der Waals surface area contributed by atoms with Crippen molar-refractivity contribution in [1.29, 1.82) is 0 Å². The Labute approximate surface area is 121 Å². The molecule has 0 radical (unpaired) electrons. The summed E-state index contributed by atoms with van der Waals surface area (Å²) < 4.78 is 0. The van der Waals surface area contributed by atoms with Crippen LogP contribution in [0.3, 0.4) is 0 Å². The van der Waals surface area contributed by atoms with Gasteiger partial charge in [0.05, 0.1) is 0 Å². The molecule has 1 aliphatic rings. The van der Waals surface area contributed by atoms with Crippen molar-refractivity contribution in [3.8, 4) is 0 Å². The summed E-state index contributed by atoms with van der Waals surface area (Å²) >= 11 is 1.58. The van der Waals surface area contributed by atoms with Gasteiger partial charge in [0, 0.05) is 16.2 Å². The van der Waals surface area contributed by atoms with Crippen LogP contribution in [0.5, 0.6) is 0 Å². The summed E-state index contributed by atoms with van der Waals surface area (Å²) in [4.78, 5) is 22.6. The zero-order chi connectivity index (χ0) is 14.7. The highest BCUT2D eigenvalue weighted by molar-refractivity contribution is 7.18. The molecule has 1 atom stereocenters. The van der Waals surface area contributed by atoms with Crippen molar-refractivity contribution >= 4 is 27.5 Å². The molecule has 20 heavy (non-hydrogen) atoms. The molecule has 1 saturated carbocycles. The van der Waals surface area contributed by atoms with E-state index in [9.17, 15) is 9.90 Å². The second-order valence-electron chi connectivity index (χ2n) is 6.15. The standard InChI is InChI=1S/C15H18N2O2S/c1-5-8-7(2)20-13-10(8)11(14(18)19)16-12(17-13)9-6-15(9,3)4/h9H,5-6H2,1-4H3,(H,18,19). The highest BCUT2D eigenvalue weighted by Gasteiger charge is 2.49. The first-order valence-electron chi connectivity index (χ1n) is 6.88. The number of carbonyl (C=O) groups is 1. The van der Waals surface area contributed by atoms with Crippen LogP contribution in [0.15, 0.2) is 0 Å². The quantitative estimate of drug-likeness (QED) is 0.934. The van der Waals surface area contributed by atoms with Crippen LogP contribution in [0.4, 0.5) is 0 Å². The van der Waals surface area contributed by atoms with Crippen LogP contribution >= 0.6 is 11.3 Å². The summed E-state index contributed by atoms with van der Waals surface area (Å²) in [6.07, 6.45) is 1.84. The molecular weight excluding hydrogens is 272 g/mol. The second-order valence-corrected chi connectivity index (χ2v) is 7.35. The molecular formula is C15H18N2O2S. The Kier molecular flexibility index (Phi) is 2.87. The van der Waals surface area contributed by atoms with Crippen LogP contribution < -0.4 is 0 Å². The van der Waals surface area contributed by atoms with Crippen LogP contribution in [0.25, 0.3) is 10.2 Å². The molecule has 2 aromatic heterocycles. The highest BCUT2D eigenvalue weighted by Crippen LogP contribution is 2.57. The van der Waals surface area contributed by atoms with E-state index in [4.69, 9.17) is 0 Å². The average Bonchev–Trinajstić information content (AvgIpc) is 2.88. The van der Waals surface area contributed by atoms with E-state index in [0.717, 1.165) is 33.5 Å². The second kappa shape index (κ2) is 4.25. The van der Waals surface area contributed by atoms with E-state index >= 15 is 0 Å². The van der Waals surface area contributed by atoms with Crippen molar-refractivity contribution in [3.05, 3.63) is 22.0 Å². The number of aromatic nitrogens is 2. The Balaban J connectivity index is 2.26. The molecule has 2 heterocycles. The molecule has 1 fully saturated rings. The number of aromatic carboxylic acids is 1. The van der Waals surface area contributed by atoms with Gasteiger partial charge in [-0.05, 0) is 30.7 Å². The molecule has 0 amide bonds. The number of nitrogens with zero attached hydrogens (tertiary/aromatic N) is 2. The fraction of sp³-hybridized carbons (Fsp3) is 0.533. The van der Waals surface area contributed by atoms with Crippen molar-refractivity contribution in [2.75, 3.05) is 0 Å². The third-order valence-corrected chi connectivity index (χ3v) is 5.29. The van der Waals surface area contributed by atoms with Gasteiger partial charge in [0.15, 0.2) is 5.69 Å². The first-order valence-corrected chi connectivity index (χ1v) is 7.70. The van der Waals surface area contributed by atoms with E-state index in [1.54, 1.807) is 11.3 Å². The maximum Gasteiger partial charge on any atom is 0.355 e. The van der Waals surface area contributed by atoms with E-state index in [0.29, 0.717) is 5.82 Å². The van der Waals surface area contributed by atoms with Gasteiger partial charge in [0.1, 0.15) is 10.7 Å². The van der Waals surface area contributed by atoms with E-state index in [1.807, 2.05) is 13.8 Å². The molecule has 0 bridgehead atoms. The van der Waals surface area contributed by atoms with Gasteiger partial charge in [0.25, 0.3) is 0 Å². The maximum absolute atomic E-state index is 11.6. The Morgan fingerprint density at radius 2 is 2.10 bits per heavy atom. The van der Waals surface area contributed by atoms with Crippen LogP contribution in [0, 0.1) is 12.3 Å². The van der Waals surface area contributed by atoms with E-state index in [1.165, 1.54) is 0 Å². The molecule has 0 spiro atoms. The summed E-state index contributed by atoms with van der Waals surface area (Å²) in [5.74, 6) is 0.0332. The maximum atomic E-state index is 11.6. The van der Waals surface area contributed by atoms with Crippen LogP contribution in [-0.4, -0.2) is 21.0 Å². The normalized spacial score (nSPS) is 20.3.